The lowest BCUT2D eigenvalue weighted by Crippen LogP contribution is -2.33. The van der Waals surface area contributed by atoms with Crippen LogP contribution in [0.3, 0.4) is 0 Å². The molecule has 0 amide bonds. The Bertz CT molecular complexity index is 638. The smallest absolute Gasteiger partial charge is 0.223 e. The Morgan fingerprint density at radius 3 is 2.63 bits per heavy atom. The third kappa shape index (κ3) is 1.51. The molecule has 1 aromatic carbocycles. The van der Waals surface area contributed by atoms with Crippen LogP contribution < -0.4 is 0 Å². The molecule has 0 spiro atoms. The van der Waals surface area contributed by atoms with E-state index in [1.165, 1.54) is 0 Å². The zero-order valence-electron chi connectivity index (χ0n) is 10.4. The first-order valence-electron chi connectivity index (χ1n) is 6.72. The number of fused-ring (bicyclic) bond motifs is 5. The Balaban J connectivity index is 1.74. The van der Waals surface area contributed by atoms with Gasteiger partial charge in [0.15, 0.2) is 5.04 Å². The molecule has 0 N–H and O–H groups in total. The van der Waals surface area contributed by atoms with Crippen LogP contribution in [0.15, 0.2) is 40.4 Å². The number of rotatable bonds is 1. The average Bonchev–Trinajstić information content (AvgIpc) is 3.12. The van der Waals surface area contributed by atoms with Gasteiger partial charge in [0.05, 0.1) is 10.8 Å². The number of sulfone groups is 1. The summed E-state index contributed by atoms with van der Waals surface area (Å²) in [6.45, 7) is 0. The monoisotopic (exact) mass is 277 g/mol. The lowest BCUT2D eigenvalue weighted by Gasteiger charge is -2.22. The fourth-order valence-corrected chi connectivity index (χ4v) is 5.44. The first kappa shape index (κ1) is 11.5. The SMILES string of the molecule is O=S(=O)(C1=NOC2C3CCC(C3)C12)c1ccccc1. The van der Waals surface area contributed by atoms with Gasteiger partial charge in [-0.3, -0.25) is 0 Å². The highest BCUT2D eigenvalue weighted by Crippen LogP contribution is 2.53. The second-order valence-electron chi connectivity index (χ2n) is 5.68. The van der Waals surface area contributed by atoms with Crippen molar-refractivity contribution in [2.75, 3.05) is 0 Å². The van der Waals surface area contributed by atoms with Gasteiger partial charge < -0.3 is 4.84 Å². The van der Waals surface area contributed by atoms with E-state index in [1.54, 1.807) is 24.3 Å². The maximum absolute atomic E-state index is 12.6. The van der Waals surface area contributed by atoms with E-state index in [4.69, 9.17) is 4.84 Å². The largest absolute Gasteiger partial charge is 0.391 e. The van der Waals surface area contributed by atoms with Crippen LogP contribution in [0.25, 0.3) is 0 Å². The second-order valence-corrected chi connectivity index (χ2v) is 7.57. The zero-order valence-corrected chi connectivity index (χ0v) is 11.2. The van der Waals surface area contributed by atoms with Crippen molar-refractivity contribution in [2.24, 2.45) is 22.9 Å². The van der Waals surface area contributed by atoms with Crippen molar-refractivity contribution in [1.82, 2.24) is 0 Å². The van der Waals surface area contributed by atoms with E-state index in [-0.39, 0.29) is 17.1 Å². The van der Waals surface area contributed by atoms with Gasteiger partial charge in [-0.1, -0.05) is 23.4 Å². The molecule has 4 nitrogen and oxygen atoms in total. The average molecular weight is 277 g/mol. The van der Waals surface area contributed by atoms with E-state index in [0.717, 1.165) is 19.3 Å². The van der Waals surface area contributed by atoms with E-state index in [0.29, 0.717) is 16.7 Å². The number of nitrogens with zero attached hydrogens (tertiary/aromatic N) is 1. The number of hydrogen-bond donors (Lipinski definition) is 0. The molecular formula is C14H15NO3S. The van der Waals surface area contributed by atoms with E-state index in [2.05, 4.69) is 5.16 Å². The Hall–Kier alpha value is -1.36. The molecule has 2 aliphatic carbocycles. The molecule has 3 aliphatic rings. The van der Waals surface area contributed by atoms with E-state index >= 15 is 0 Å². The first-order valence-corrected chi connectivity index (χ1v) is 8.20. The Morgan fingerprint density at radius 1 is 1.11 bits per heavy atom. The Kier molecular flexibility index (Phi) is 2.31. The first-order chi connectivity index (χ1) is 9.18. The summed E-state index contributed by atoms with van der Waals surface area (Å²) in [5.74, 6) is 0.931. The van der Waals surface area contributed by atoms with Crippen LogP contribution in [0, 0.1) is 17.8 Å². The Labute approximate surface area is 112 Å². The van der Waals surface area contributed by atoms with Gasteiger partial charge in [-0.2, -0.15) is 0 Å². The quantitative estimate of drug-likeness (QED) is 0.791. The van der Waals surface area contributed by atoms with Gasteiger partial charge in [0.2, 0.25) is 9.84 Å². The molecular weight excluding hydrogens is 262 g/mol. The summed E-state index contributed by atoms with van der Waals surface area (Å²) in [5, 5.41) is 4.20. The standard InChI is InChI=1S/C14H15NO3S/c16-19(17,11-4-2-1-3-5-11)14-12-9-6-7-10(8-9)13(12)18-15-14/h1-5,9-10,12-13H,6-8H2. The molecule has 2 bridgehead atoms. The van der Waals surface area contributed by atoms with E-state index in [9.17, 15) is 8.42 Å². The number of oxime groups is 1. The normalized spacial score (nSPS) is 35.9. The summed E-state index contributed by atoms with van der Waals surface area (Å²) < 4.78 is 25.3. The summed E-state index contributed by atoms with van der Waals surface area (Å²) >= 11 is 0. The minimum Gasteiger partial charge on any atom is -0.391 e. The molecule has 2 saturated carbocycles. The van der Waals surface area contributed by atoms with Gasteiger partial charge in [-0.05, 0) is 43.2 Å². The van der Waals surface area contributed by atoms with Crippen molar-refractivity contribution in [3.8, 4) is 0 Å². The summed E-state index contributed by atoms with van der Waals surface area (Å²) in [6, 6.07) is 8.53. The van der Waals surface area contributed by atoms with E-state index < -0.39 is 9.84 Å². The van der Waals surface area contributed by atoms with Gasteiger partial charge >= 0.3 is 0 Å². The van der Waals surface area contributed by atoms with Gasteiger partial charge in [0, 0.05) is 0 Å². The minimum atomic E-state index is -3.49. The van der Waals surface area contributed by atoms with Crippen LogP contribution in [-0.2, 0) is 14.7 Å². The van der Waals surface area contributed by atoms with Crippen LogP contribution in [0.4, 0.5) is 0 Å². The molecule has 0 radical (unpaired) electrons. The second kappa shape index (κ2) is 3.82. The molecule has 4 rings (SSSR count). The molecule has 4 atom stereocenters. The van der Waals surface area contributed by atoms with Crippen molar-refractivity contribution in [2.45, 2.75) is 30.3 Å². The topological polar surface area (TPSA) is 55.7 Å². The van der Waals surface area contributed by atoms with Gasteiger partial charge in [-0.25, -0.2) is 8.42 Å². The third-order valence-electron chi connectivity index (χ3n) is 4.72. The Morgan fingerprint density at radius 2 is 1.84 bits per heavy atom. The molecule has 5 heteroatoms. The lowest BCUT2D eigenvalue weighted by molar-refractivity contribution is 0.0275. The van der Waals surface area contributed by atoms with Crippen LogP contribution in [0.1, 0.15) is 19.3 Å². The molecule has 4 unspecified atom stereocenters. The highest BCUT2D eigenvalue weighted by Gasteiger charge is 2.57. The van der Waals surface area contributed by atoms with Crippen LogP contribution in [0.5, 0.6) is 0 Å². The van der Waals surface area contributed by atoms with Crippen molar-refractivity contribution >= 4 is 14.9 Å². The van der Waals surface area contributed by atoms with Crippen molar-refractivity contribution in [1.29, 1.82) is 0 Å². The number of hydrogen-bond acceptors (Lipinski definition) is 4. The van der Waals surface area contributed by atoms with Crippen molar-refractivity contribution in [3.05, 3.63) is 30.3 Å². The van der Waals surface area contributed by atoms with Crippen LogP contribution in [0.2, 0.25) is 0 Å². The summed E-state index contributed by atoms with van der Waals surface area (Å²) in [5.41, 5.74) is 0. The van der Waals surface area contributed by atoms with Crippen LogP contribution >= 0.6 is 0 Å². The summed E-state index contributed by atoms with van der Waals surface area (Å²) in [7, 11) is -3.49. The maximum atomic E-state index is 12.6. The van der Waals surface area contributed by atoms with Crippen LogP contribution in [-0.4, -0.2) is 19.6 Å². The van der Waals surface area contributed by atoms with Gasteiger partial charge in [-0.15, -0.1) is 0 Å². The molecule has 0 saturated heterocycles. The zero-order chi connectivity index (χ0) is 13.0. The van der Waals surface area contributed by atoms with Crippen molar-refractivity contribution < 1.29 is 13.3 Å². The molecule has 19 heavy (non-hydrogen) atoms. The maximum Gasteiger partial charge on any atom is 0.223 e. The fraction of sp³-hybridized carbons (Fsp3) is 0.500. The predicted molar refractivity (Wildman–Crippen MR) is 70.3 cm³/mol. The molecule has 1 aliphatic heterocycles. The van der Waals surface area contributed by atoms with Gasteiger partial charge in [0.1, 0.15) is 6.10 Å². The molecule has 100 valence electrons. The van der Waals surface area contributed by atoms with E-state index in [1.807, 2.05) is 6.07 Å². The third-order valence-corrected chi connectivity index (χ3v) is 6.51. The molecule has 0 aromatic heterocycles. The highest BCUT2D eigenvalue weighted by molar-refractivity contribution is 8.06. The summed E-state index contributed by atoms with van der Waals surface area (Å²) in [4.78, 5) is 5.76. The lowest BCUT2D eigenvalue weighted by atomic mass is 9.87. The highest BCUT2D eigenvalue weighted by atomic mass is 32.2. The summed E-state index contributed by atoms with van der Waals surface area (Å²) in [6.07, 6.45) is 3.37. The van der Waals surface area contributed by atoms with Crippen molar-refractivity contribution in [3.63, 3.8) is 0 Å². The predicted octanol–water partition coefficient (Wildman–Crippen LogP) is 2.22. The molecule has 2 fully saturated rings. The molecule has 1 heterocycles. The minimum absolute atomic E-state index is 0.00670. The van der Waals surface area contributed by atoms with Gasteiger partial charge in [0.25, 0.3) is 0 Å². The number of benzene rings is 1. The molecule has 1 aromatic rings. The fourth-order valence-electron chi connectivity index (χ4n) is 3.85.